The number of methoxy groups -OCH3 is 1. The van der Waals surface area contributed by atoms with E-state index in [1.165, 1.54) is 13.2 Å². The third-order valence-electron chi connectivity index (χ3n) is 3.51. The number of rotatable bonds is 3. The van der Waals surface area contributed by atoms with Crippen LogP contribution in [0.5, 0.6) is 5.75 Å². The maximum Gasteiger partial charge on any atom is 0.267 e. The van der Waals surface area contributed by atoms with Crippen molar-refractivity contribution in [2.24, 2.45) is 0 Å². The van der Waals surface area contributed by atoms with Crippen molar-refractivity contribution in [1.82, 2.24) is 5.32 Å². The molecule has 1 aliphatic rings. The molecule has 18 heavy (non-hydrogen) atoms. The normalized spacial score (nSPS) is 17.2. The van der Waals surface area contributed by atoms with Gasteiger partial charge >= 0.3 is 0 Å². The predicted octanol–water partition coefficient (Wildman–Crippen LogP) is 3.41. The molecule has 0 aliphatic carbocycles. The molecular weight excluding hydrogens is 236 g/mol. The number of benzene rings is 1. The van der Waals surface area contributed by atoms with Crippen LogP contribution < -0.4 is 10.1 Å². The highest BCUT2D eigenvalue weighted by Gasteiger charge is 2.24. The molecule has 0 aromatic heterocycles. The van der Waals surface area contributed by atoms with Crippen molar-refractivity contribution in [3.8, 4) is 5.75 Å². The van der Waals surface area contributed by atoms with Crippen LogP contribution in [0, 0.1) is 6.92 Å². The fourth-order valence-corrected chi connectivity index (χ4v) is 2.66. The van der Waals surface area contributed by atoms with Gasteiger partial charge in [-0.05, 0) is 50.4 Å². The largest absolute Gasteiger partial charge is 0.496 e. The molecule has 1 aromatic rings. The molecule has 100 valence electrons. The second kappa shape index (κ2) is 5.65. The summed E-state index contributed by atoms with van der Waals surface area (Å²) in [4.78, 5) is 0. The number of piperidine rings is 1. The van der Waals surface area contributed by atoms with E-state index in [1.807, 2.05) is 13.0 Å². The molecule has 0 atom stereocenters. The van der Waals surface area contributed by atoms with E-state index in [-0.39, 0.29) is 5.56 Å². The molecule has 0 radical (unpaired) electrons. The first-order chi connectivity index (χ1) is 8.63. The molecule has 1 aromatic carbocycles. The first-order valence-corrected chi connectivity index (χ1v) is 6.30. The number of ether oxygens (including phenoxy) is 1. The fraction of sp³-hybridized carbons (Fsp3) is 0.571. The summed E-state index contributed by atoms with van der Waals surface area (Å²) in [5.41, 5.74) is 1.83. The summed E-state index contributed by atoms with van der Waals surface area (Å²) >= 11 is 0. The Morgan fingerprint density at radius 3 is 2.50 bits per heavy atom. The van der Waals surface area contributed by atoms with Crippen LogP contribution in [0.25, 0.3) is 0 Å². The van der Waals surface area contributed by atoms with Crippen LogP contribution in [0.1, 0.15) is 41.9 Å². The van der Waals surface area contributed by atoms with Gasteiger partial charge in [0.05, 0.1) is 12.7 Å². The lowest BCUT2D eigenvalue weighted by atomic mass is 9.87. The molecule has 1 fully saturated rings. The summed E-state index contributed by atoms with van der Waals surface area (Å²) in [6.45, 7) is 3.73. The Balaban J connectivity index is 2.43. The molecule has 1 heterocycles. The van der Waals surface area contributed by atoms with Crippen molar-refractivity contribution >= 4 is 0 Å². The lowest BCUT2D eigenvalue weighted by Crippen LogP contribution is -2.27. The van der Waals surface area contributed by atoms with Crippen LogP contribution >= 0.6 is 0 Å². The van der Waals surface area contributed by atoms with E-state index >= 15 is 0 Å². The van der Waals surface area contributed by atoms with Crippen molar-refractivity contribution in [2.45, 2.75) is 32.1 Å². The smallest absolute Gasteiger partial charge is 0.267 e. The average molecular weight is 255 g/mol. The van der Waals surface area contributed by atoms with E-state index < -0.39 is 6.43 Å². The number of hydrogen-bond acceptors (Lipinski definition) is 2. The van der Waals surface area contributed by atoms with Crippen LogP contribution in [-0.2, 0) is 0 Å². The Bertz CT molecular complexity index is 415. The van der Waals surface area contributed by atoms with E-state index in [9.17, 15) is 8.78 Å². The summed E-state index contributed by atoms with van der Waals surface area (Å²) in [6, 6.07) is 3.51. The van der Waals surface area contributed by atoms with Crippen molar-refractivity contribution in [2.75, 3.05) is 20.2 Å². The van der Waals surface area contributed by atoms with Gasteiger partial charge in [-0.15, -0.1) is 0 Å². The van der Waals surface area contributed by atoms with Crippen molar-refractivity contribution in [1.29, 1.82) is 0 Å². The SMILES string of the molecule is COc1c(C(F)F)cc(C)cc1C1CCNCC1. The molecule has 1 aliphatic heterocycles. The highest BCUT2D eigenvalue weighted by Crippen LogP contribution is 2.39. The van der Waals surface area contributed by atoms with Crippen molar-refractivity contribution < 1.29 is 13.5 Å². The van der Waals surface area contributed by atoms with Crippen LogP contribution in [0.4, 0.5) is 8.78 Å². The summed E-state index contributed by atoms with van der Waals surface area (Å²) < 4.78 is 31.3. The molecule has 1 saturated heterocycles. The summed E-state index contributed by atoms with van der Waals surface area (Å²) in [5.74, 6) is 0.695. The highest BCUT2D eigenvalue weighted by atomic mass is 19.3. The summed E-state index contributed by atoms with van der Waals surface area (Å²) in [5, 5.41) is 3.28. The van der Waals surface area contributed by atoms with Crippen molar-refractivity contribution in [3.63, 3.8) is 0 Å². The van der Waals surface area contributed by atoms with E-state index in [4.69, 9.17) is 4.74 Å². The third-order valence-corrected chi connectivity index (χ3v) is 3.51. The van der Waals surface area contributed by atoms with E-state index in [0.717, 1.165) is 37.1 Å². The zero-order valence-corrected chi connectivity index (χ0v) is 10.8. The number of nitrogens with one attached hydrogen (secondary N) is 1. The van der Waals surface area contributed by atoms with Gasteiger partial charge in [-0.25, -0.2) is 8.78 Å². The van der Waals surface area contributed by atoms with Gasteiger partial charge in [0.1, 0.15) is 5.75 Å². The number of alkyl halides is 2. The molecule has 1 N–H and O–H groups in total. The van der Waals surface area contributed by atoms with Crippen LogP contribution in [0.2, 0.25) is 0 Å². The van der Waals surface area contributed by atoms with Crippen molar-refractivity contribution in [3.05, 3.63) is 28.8 Å². The standard InChI is InChI=1S/C14H19F2NO/c1-9-7-11(10-3-5-17-6-4-10)13(18-2)12(8-9)14(15)16/h7-8,10,14,17H,3-6H2,1-2H3. The molecule has 0 saturated carbocycles. The Morgan fingerprint density at radius 2 is 1.94 bits per heavy atom. The molecule has 2 nitrogen and oxygen atoms in total. The van der Waals surface area contributed by atoms with Gasteiger partial charge in [0.25, 0.3) is 6.43 Å². The minimum absolute atomic E-state index is 0.0195. The minimum atomic E-state index is -2.49. The van der Waals surface area contributed by atoms with Gasteiger partial charge in [0, 0.05) is 0 Å². The highest BCUT2D eigenvalue weighted by molar-refractivity contribution is 5.47. The first-order valence-electron chi connectivity index (χ1n) is 6.30. The third kappa shape index (κ3) is 2.64. The molecule has 0 amide bonds. The number of aryl methyl sites for hydroxylation is 1. The molecule has 0 unspecified atom stereocenters. The first kappa shape index (κ1) is 13.3. The fourth-order valence-electron chi connectivity index (χ4n) is 2.66. The van der Waals surface area contributed by atoms with E-state index in [0.29, 0.717) is 11.7 Å². The van der Waals surface area contributed by atoms with Crippen LogP contribution in [0.3, 0.4) is 0 Å². The van der Waals surface area contributed by atoms with Crippen LogP contribution in [0.15, 0.2) is 12.1 Å². The second-order valence-corrected chi connectivity index (χ2v) is 4.80. The van der Waals surface area contributed by atoms with Gasteiger partial charge in [-0.3, -0.25) is 0 Å². The molecule has 0 spiro atoms. The topological polar surface area (TPSA) is 21.3 Å². The second-order valence-electron chi connectivity index (χ2n) is 4.80. The van der Waals surface area contributed by atoms with Gasteiger partial charge in [0.15, 0.2) is 0 Å². The molecular formula is C14H19F2NO. The predicted molar refractivity (Wildman–Crippen MR) is 67.5 cm³/mol. The van der Waals surface area contributed by atoms with Gasteiger partial charge in [-0.2, -0.15) is 0 Å². The maximum absolute atomic E-state index is 13.0. The number of hydrogen-bond donors (Lipinski definition) is 1. The van der Waals surface area contributed by atoms with Gasteiger partial charge < -0.3 is 10.1 Å². The summed E-state index contributed by atoms with van der Waals surface area (Å²) in [7, 11) is 1.47. The van der Waals surface area contributed by atoms with E-state index in [1.54, 1.807) is 0 Å². The Kier molecular flexibility index (Phi) is 4.17. The summed E-state index contributed by atoms with van der Waals surface area (Å²) in [6.07, 6.45) is -0.536. The maximum atomic E-state index is 13.0. The lowest BCUT2D eigenvalue weighted by Gasteiger charge is -2.26. The molecule has 2 rings (SSSR count). The Labute approximate surface area is 106 Å². The minimum Gasteiger partial charge on any atom is -0.496 e. The Hall–Kier alpha value is -1.16. The zero-order chi connectivity index (χ0) is 13.1. The molecule has 0 bridgehead atoms. The monoisotopic (exact) mass is 255 g/mol. The molecule has 4 heteroatoms. The lowest BCUT2D eigenvalue weighted by molar-refractivity contribution is 0.146. The quantitative estimate of drug-likeness (QED) is 0.893. The van der Waals surface area contributed by atoms with Crippen LogP contribution in [-0.4, -0.2) is 20.2 Å². The average Bonchev–Trinajstić information content (AvgIpc) is 2.38. The van der Waals surface area contributed by atoms with E-state index in [2.05, 4.69) is 5.32 Å². The zero-order valence-electron chi connectivity index (χ0n) is 10.8. The Morgan fingerprint density at radius 1 is 1.28 bits per heavy atom. The number of halogens is 2. The van der Waals surface area contributed by atoms with Gasteiger partial charge in [0.2, 0.25) is 0 Å². The van der Waals surface area contributed by atoms with Gasteiger partial charge in [-0.1, -0.05) is 11.6 Å².